The summed E-state index contributed by atoms with van der Waals surface area (Å²) in [5.74, 6) is -1.01. The molecule has 0 spiro atoms. The predicted molar refractivity (Wildman–Crippen MR) is 160 cm³/mol. The quantitative estimate of drug-likeness (QED) is 0.150. The van der Waals surface area contributed by atoms with Crippen LogP contribution in [-0.2, 0) is 9.53 Å². The summed E-state index contributed by atoms with van der Waals surface area (Å²) in [6.07, 6.45) is 1.37. The van der Waals surface area contributed by atoms with Gasteiger partial charge in [0.1, 0.15) is 17.3 Å². The number of likely N-dealkylation sites (tertiary alicyclic amines) is 1. The summed E-state index contributed by atoms with van der Waals surface area (Å²) >= 11 is 1.59. The van der Waals surface area contributed by atoms with Crippen molar-refractivity contribution in [2.24, 2.45) is 5.92 Å². The number of ketones is 1. The highest BCUT2D eigenvalue weighted by Gasteiger charge is 2.42. The third-order valence-electron chi connectivity index (χ3n) is 7.34. The van der Waals surface area contributed by atoms with Crippen molar-refractivity contribution in [2.75, 3.05) is 26.0 Å². The molecule has 0 saturated carbocycles. The molecule has 1 unspecified atom stereocenters. The molecular weight excluding hydrogens is 557 g/mol. The van der Waals surface area contributed by atoms with E-state index in [1.54, 1.807) is 32.5 Å². The van der Waals surface area contributed by atoms with Gasteiger partial charge in [0.05, 0.1) is 6.61 Å². The summed E-state index contributed by atoms with van der Waals surface area (Å²) in [7, 11) is 0. The minimum absolute atomic E-state index is 0.0659. The smallest absolute Gasteiger partial charge is 0.415 e. The first-order valence-electron chi connectivity index (χ1n) is 13.8. The summed E-state index contributed by atoms with van der Waals surface area (Å²) in [5.41, 5.74) is 1.85. The van der Waals surface area contributed by atoms with Gasteiger partial charge in [-0.1, -0.05) is 24.3 Å². The van der Waals surface area contributed by atoms with Gasteiger partial charge in [0.25, 0.3) is 0 Å². The fraction of sp³-hybridized carbons (Fsp3) is 0.364. The molecule has 1 aliphatic heterocycles. The van der Waals surface area contributed by atoms with E-state index in [9.17, 15) is 18.8 Å². The highest BCUT2D eigenvalue weighted by atomic mass is 32.2. The van der Waals surface area contributed by atoms with Crippen LogP contribution in [0.15, 0.2) is 65.6 Å². The summed E-state index contributed by atoms with van der Waals surface area (Å²) < 4.78 is 30.2. The molecule has 4 rings (SSSR count). The van der Waals surface area contributed by atoms with Gasteiger partial charge in [-0.15, -0.1) is 11.8 Å². The molecule has 1 fully saturated rings. The number of hydrogen-bond donors (Lipinski definition) is 0. The zero-order valence-corrected chi connectivity index (χ0v) is 25.5. The maximum absolute atomic E-state index is 13.9. The van der Waals surface area contributed by atoms with Crippen LogP contribution >= 0.6 is 11.8 Å². The Balaban J connectivity index is 1.65. The number of halogens is 1. The van der Waals surface area contributed by atoms with E-state index in [0.717, 1.165) is 21.6 Å². The van der Waals surface area contributed by atoms with E-state index in [-0.39, 0.29) is 37.1 Å². The highest BCUT2D eigenvalue weighted by molar-refractivity contribution is 7.98. The highest BCUT2D eigenvalue weighted by Crippen LogP contribution is 2.39. The van der Waals surface area contributed by atoms with Gasteiger partial charge in [-0.05, 0) is 94.0 Å². The second-order valence-corrected chi connectivity index (χ2v) is 11.7. The topological polar surface area (TPSA) is 82.1 Å². The number of nitrogens with zero attached hydrogens (tertiary/aromatic N) is 1. The molecule has 42 heavy (non-hydrogen) atoms. The maximum Gasteiger partial charge on any atom is 0.415 e. The van der Waals surface area contributed by atoms with Crippen molar-refractivity contribution in [1.29, 1.82) is 0 Å². The standard InChI is InChI=1S/C33H36FNO6S/c1-7-39-31(37)33(4,5)41-30-20(2)16-23(17-21(30)3)27-18-35(32(38)40-25-12-10-24(34)11-13-25)19-28(27)29(36)22-8-14-26(42-6)15-9-22/h8-17,27-28H,7,18-19H2,1-6H3/t27-,28?/m1/s1. The molecule has 7 nitrogen and oxygen atoms in total. The molecule has 2 atom stereocenters. The number of hydrogen-bond acceptors (Lipinski definition) is 7. The lowest BCUT2D eigenvalue weighted by atomic mass is 9.82. The fourth-order valence-corrected chi connectivity index (χ4v) is 5.56. The molecule has 0 bridgehead atoms. The van der Waals surface area contributed by atoms with Crippen molar-refractivity contribution < 1.29 is 33.0 Å². The first-order chi connectivity index (χ1) is 19.9. The summed E-state index contributed by atoms with van der Waals surface area (Å²) in [4.78, 5) is 42.0. The van der Waals surface area contributed by atoms with E-state index in [1.165, 1.54) is 29.2 Å². The number of carbonyl (C=O) groups excluding carboxylic acids is 3. The zero-order valence-electron chi connectivity index (χ0n) is 24.7. The van der Waals surface area contributed by atoms with E-state index in [0.29, 0.717) is 11.3 Å². The van der Waals surface area contributed by atoms with Crippen LogP contribution in [-0.4, -0.2) is 54.3 Å². The molecule has 3 aromatic rings. The lowest BCUT2D eigenvalue weighted by molar-refractivity contribution is -0.158. The van der Waals surface area contributed by atoms with Crippen LogP contribution in [0.2, 0.25) is 0 Å². The second kappa shape index (κ2) is 13.0. The van der Waals surface area contributed by atoms with Gasteiger partial charge >= 0.3 is 12.1 Å². The average molecular weight is 594 g/mol. The second-order valence-electron chi connectivity index (χ2n) is 10.8. The molecule has 222 valence electrons. The van der Waals surface area contributed by atoms with Gasteiger partial charge in [-0.3, -0.25) is 4.79 Å². The van der Waals surface area contributed by atoms with E-state index < -0.39 is 29.4 Å². The Hall–Kier alpha value is -3.85. The van der Waals surface area contributed by atoms with Gasteiger partial charge < -0.3 is 19.1 Å². The van der Waals surface area contributed by atoms with E-state index in [1.807, 2.05) is 56.5 Å². The Labute approximate surface area is 250 Å². The van der Waals surface area contributed by atoms with Crippen molar-refractivity contribution in [2.45, 2.75) is 51.0 Å². The Morgan fingerprint density at radius 2 is 1.60 bits per heavy atom. The van der Waals surface area contributed by atoms with Crippen LogP contribution in [0.4, 0.5) is 9.18 Å². The van der Waals surface area contributed by atoms with Crippen molar-refractivity contribution in [3.8, 4) is 11.5 Å². The maximum atomic E-state index is 13.9. The summed E-state index contributed by atoms with van der Waals surface area (Å²) in [6, 6.07) is 16.6. The molecule has 1 aliphatic rings. The number of Topliss-reactive ketones (excluding diaryl/α,β-unsaturated/α-hetero) is 1. The lowest BCUT2D eigenvalue weighted by Crippen LogP contribution is -2.40. The van der Waals surface area contributed by atoms with E-state index in [4.69, 9.17) is 14.2 Å². The molecule has 1 saturated heterocycles. The number of amides is 1. The van der Waals surface area contributed by atoms with Crippen molar-refractivity contribution in [3.63, 3.8) is 0 Å². The molecule has 0 aromatic heterocycles. The molecule has 1 amide bonds. The van der Waals surface area contributed by atoms with Crippen molar-refractivity contribution in [1.82, 2.24) is 4.90 Å². The first-order valence-corrected chi connectivity index (χ1v) is 15.0. The van der Waals surface area contributed by atoms with Crippen LogP contribution in [0, 0.1) is 25.6 Å². The molecule has 9 heteroatoms. The number of carbonyl (C=O) groups is 3. The van der Waals surface area contributed by atoms with Crippen LogP contribution in [0.5, 0.6) is 11.5 Å². The molecule has 0 N–H and O–H groups in total. The fourth-order valence-electron chi connectivity index (χ4n) is 5.15. The van der Waals surface area contributed by atoms with Gasteiger partial charge in [-0.2, -0.15) is 0 Å². The van der Waals surface area contributed by atoms with E-state index >= 15 is 0 Å². The van der Waals surface area contributed by atoms with Crippen molar-refractivity contribution >= 4 is 29.6 Å². The Morgan fingerprint density at radius 1 is 0.976 bits per heavy atom. The molecule has 1 heterocycles. The summed E-state index contributed by atoms with van der Waals surface area (Å²) in [5, 5.41) is 0. The Kier molecular flexibility index (Phi) is 9.61. The van der Waals surface area contributed by atoms with Crippen molar-refractivity contribution in [3.05, 3.63) is 88.7 Å². The minimum atomic E-state index is -1.19. The van der Waals surface area contributed by atoms with Crippen LogP contribution in [0.1, 0.15) is 53.7 Å². The molecular formula is C33H36FNO6S. The monoisotopic (exact) mass is 593 g/mol. The number of thioether (sulfide) groups is 1. The van der Waals surface area contributed by atoms with Gasteiger partial charge in [0.15, 0.2) is 11.4 Å². The lowest BCUT2D eigenvalue weighted by Gasteiger charge is -2.27. The SMILES string of the molecule is CCOC(=O)C(C)(C)Oc1c(C)cc([C@H]2CN(C(=O)Oc3ccc(F)cc3)CC2C(=O)c2ccc(SC)cc2)cc1C. The third-order valence-corrected chi connectivity index (χ3v) is 8.09. The number of rotatable bonds is 9. The summed E-state index contributed by atoms with van der Waals surface area (Å²) in [6.45, 7) is 9.52. The van der Waals surface area contributed by atoms with E-state index in [2.05, 4.69) is 0 Å². The largest absolute Gasteiger partial charge is 0.476 e. The van der Waals surface area contributed by atoms with Crippen LogP contribution < -0.4 is 9.47 Å². The number of esters is 1. The minimum Gasteiger partial charge on any atom is -0.476 e. The Morgan fingerprint density at radius 3 is 2.17 bits per heavy atom. The predicted octanol–water partition coefficient (Wildman–Crippen LogP) is 6.98. The molecule has 3 aromatic carbocycles. The van der Waals surface area contributed by atoms with Gasteiger partial charge in [-0.25, -0.2) is 14.0 Å². The number of aryl methyl sites for hydroxylation is 2. The normalized spacial score (nSPS) is 16.7. The zero-order chi connectivity index (χ0) is 30.6. The Bertz CT molecular complexity index is 1430. The van der Waals surface area contributed by atoms with Gasteiger partial charge in [0.2, 0.25) is 0 Å². The van der Waals surface area contributed by atoms with Crippen LogP contribution in [0.25, 0.3) is 0 Å². The number of benzene rings is 3. The van der Waals surface area contributed by atoms with Gasteiger partial charge in [0, 0.05) is 35.4 Å². The first kappa shape index (κ1) is 31.1. The molecule has 0 radical (unpaired) electrons. The molecule has 0 aliphatic carbocycles. The average Bonchev–Trinajstić information content (AvgIpc) is 3.42. The third kappa shape index (κ3) is 6.95. The van der Waals surface area contributed by atoms with Crippen LogP contribution in [0.3, 0.4) is 0 Å². The number of ether oxygens (including phenoxy) is 3.